The van der Waals surface area contributed by atoms with Crippen LogP contribution in [0, 0.1) is 5.92 Å². The highest BCUT2D eigenvalue weighted by Gasteiger charge is 2.24. The first kappa shape index (κ1) is 20.8. The summed E-state index contributed by atoms with van der Waals surface area (Å²) in [6, 6.07) is 9.53. The van der Waals surface area contributed by atoms with Crippen LogP contribution in [0.5, 0.6) is 5.75 Å². The molecule has 1 atom stereocenters. The number of ether oxygens (including phenoxy) is 1. The van der Waals surface area contributed by atoms with Crippen LogP contribution in [0.2, 0.25) is 0 Å². The highest BCUT2D eigenvalue weighted by atomic mass is 16.5. The fourth-order valence-electron chi connectivity index (χ4n) is 4.23. The lowest BCUT2D eigenvalue weighted by Gasteiger charge is -2.35. The summed E-state index contributed by atoms with van der Waals surface area (Å²) in [5.74, 6) is 2.50. The van der Waals surface area contributed by atoms with Gasteiger partial charge in [0.1, 0.15) is 5.75 Å². The number of hydrogen-bond acceptors (Lipinski definition) is 4. The molecule has 1 unspecified atom stereocenters. The van der Waals surface area contributed by atoms with Crippen molar-refractivity contribution < 1.29 is 4.74 Å². The number of piperidine rings is 1. The molecule has 0 aromatic heterocycles. The van der Waals surface area contributed by atoms with Gasteiger partial charge in [-0.3, -0.25) is 4.99 Å². The number of nitrogens with one attached hydrogen (secondary N) is 2. The van der Waals surface area contributed by atoms with Crippen LogP contribution in [-0.4, -0.2) is 69.8 Å². The monoisotopic (exact) mass is 387 g/mol. The molecule has 2 fully saturated rings. The standard InChI is InChI=1S/C22H37N5O/c1-17(2)26-12-9-19(10-13-26)25-22(23-3)24-15-18-8-11-27(16-18)20-6-5-7-21(14-20)28-4/h5-7,14,17-19H,8-13,15-16H2,1-4H3,(H2,23,24,25). The van der Waals surface area contributed by atoms with E-state index >= 15 is 0 Å². The second-order valence-corrected chi connectivity index (χ2v) is 8.30. The van der Waals surface area contributed by atoms with E-state index < -0.39 is 0 Å². The van der Waals surface area contributed by atoms with Crippen molar-refractivity contribution in [2.45, 2.75) is 45.2 Å². The van der Waals surface area contributed by atoms with Crippen molar-refractivity contribution in [3.8, 4) is 5.75 Å². The van der Waals surface area contributed by atoms with Gasteiger partial charge in [0.2, 0.25) is 0 Å². The second-order valence-electron chi connectivity index (χ2n) is 8.30. The normalized spacial score (nSPS) is 22.0. The van der Waals surface area contributed by atoms with Crippen LogP contribution in [-0.2, 0) is 0 Å². The second kappa shape index (κ2) is 10.0. The lowest BCUT2D eigenvalue weighted by atomic mass is 10.0. The molecule has 3 rings (SSSR count). The van der Waals surface area contributed by atoms with Gasteiger partial charge in [-0.2, -0.15) is 0 Å². The van der Waals surface area contributed by atoms with E-state index in [1.807, 2.05) is 13.1 Å². The highest BCUT2D eigenvalue weighted by Crippen LogP contribution is 2.26. The Morgan fingerprint density at radius 3 is 2.68 bits per heavy atom. The van der Waals surface area contributed by atoms with E-state index in [4.69, 9.17) is 4.74 Å². The predicted octanol–water partition coefficient (Wildman–Crippen LogP) is 2.56. The van der Waals surface area contributed by atoms with Crippen molar-refractivity contribution in [2.24, 2.45) is 10.9 Å². The molecule has 0 bridgehead atoms. The third kappa shape index (κ3) is 5.53. The van der Waals surface area contributed by atoms with Crippen LogP contribution in [0.1, 0.15) is 33.1 Å². The molecule has 2 heterocycles. The number of rotatable bonds is 6. The minimum atomic E-state index is 0.526. The largest absolute Gasteiger partial charge is 0.497 e. The molecule has 0 amide bonds. The Hall–Kier alpha value is -1.95. The van der Waals surface area contributed by atoms with Crippen LogP contribution in [0.4, 0.5) is 5.69 Å². The first-order valence-electron chi connectivity index (χ1n) is 10.7. The summed E-state index contributed by atoms with van der Waals surface area (Å²) in [5, 5.41) is 7.19. The van der Waals surface area contributed by atoms with E-state index in [-0.39, 0.29) is 0 Å². The lowest BCUT2D eigenvalue weighted by Crippen LogP contribution is -2.50. The van der Waals surface area contributed by atoms with Crippen molar-refractivity contribution in [1.29, 1.82) is 0 Å². The summed E-state index contributed by atoms with van der Waals surface area (Å²) in [6.07, 6.45) is 3.58. The molecule has 1 aromatic rings. The maximum absolute atomic E-state index is 5.36. The molecule has 0 saturated carbocycles. The minimum absolute atomic E-state index is 0.526. The summed E-state index contributed by atoms with van der Waals surface area (Å²) >= 11 is 0. The molecule has 6 heteroatoms. The van der Waals surface area contributed by atoms with Crippen LogP contribution in [0.15, 0.2) is 29.3 Å². The number of likely N-dealkylation sites (tertiary alicyclic amines) is 1. The molecule has 0 spiro atoms. The predicted molar refractivity (Wildman–Crippen MR) is 118 cm³/mol. The zero-order chi connectivity index (χ0) is 19.9. The van der Waals surface area contributed by atoms with Gasteiger partial charge in [-0.05, 0) is 51.2 Å². The minimum Gasteiger partial charge on any atom is -0.497 e. The van der Waals surface area contributed by atoms with Crippen molar-refractivity contribution >= 4 is 11.6 Å². The lowest BCUT2D eigenvalue weighted by molar-refractivity contribution is 0.167. The fourth-order valence-corrected chi connectivity index (χ4v) is 4.23. The average molecular weight is 388 g/mol. The number of guanidine groups is 1. The van der Waals surface area contributed by atoms with Gasteiger partial charge in [-0.25, -0.2) is 0 Å². The smallest absolute Gasteiger partial charge is 0.191 e. The van der Waals surface area contributed by atoms with Crippen molar-refractivity contribution in [2.75, 3.05) is 51.8 Å². The van der Waals surface area contributed by atoms with Gasteiger partial charge in [0.25, 0.3) is 0 Å². The van der Waals surface area contributed by atoms with E-state index in [0.29, 0.717) is 18.0 Å². The first-order chi connectivity index (χ1) is 13.6. The molecular weight excluding hydrogens is 350 g/mol. The van der Waals surface area contributed by atoms with Crippen LogP contribution < -0.4 is 20.3 Å². The number of hydrogen-bond donors (Lipinski definition) is 2. The van der Waals surface area contributed by atoms with Gasteiger partial charge in [0, 0.05) is 63.6 Å². The maximum atomic E-state index is 5.36. The number of nitrogens with zero attached hydrogens (tertiary/aromatic N) is 3. The van der Waals surface area contributed by atoms with Gasteiger partial charge in [-0.15, -0.1) is 0 Å². The van der Waals surface area contributed by atoms with Crippen molar-refractivity contribution in [1.82, 2.24) is 15.5 Å². The van der Waals surface area contributed by atoms with E-state index in [2.05, 4.69) is 57.5 Å². The molecule has 0 radical (unpaired) electrons. The number of methoxy groups -OCH3 is 1. The Morgan fingerprint density at radius 1 is 1.21 bits per heavy atom. The average Bonchev–Trinajstić information content (AvgIpc) is 3.20. The maximum Gasteiger partial charge on any atom is 0.191 e. The van der Waals surface area contributed by atoms with Gasteiger partial charge in [0.15, 0.2) is 5.96 Å². The van der Waals surface area contributed by atoms with Gasteiger partial charge in [0.05, 0.1) is 7.11 Å². The summed E-state index contributed by atoms with van der Waals surface area (Å²) in [5.41, 5.74) is 1.25. The van der Waals surface area contributed by atoms with Crippen LogP contribution in [0.3, 0.4) is 0 Å². The van der Waals surface area contributed by atoms with E-state index in [9.17, 15) is 0 Å². The van der Waals surface area contributed by atoms with E-state index in [1.54, 1.807) is 7.11 Å². The van der Waals surface area contributed by atoms with E-state index in [0.717, 1.165) is 31.3 Å². The highest BCUT2D eigenvalue weighted by molar-refractivity contribution is 5.80. The number of benzene rings is 1. The summed E-state index contributed by atoms with van der Waals surface area (Å²) in [4.78, 5) is 9.45. The Labute approximate surface area is 170 Å². The topological polar surface area (TPSA) is 52.1 Å². The molecule has 1 aromatic carbocycles. The number of aliphatic imine (C=N–C) groups is 1. The molecule has 28 heavy (non-hydrogen) atoms. The third-order valence-corrected chi connectivity index (χ3v) is 6.09. The number of anilines is 1. The Morgan fingerprint density at radius 2 is 2.00 bits per heavy atom. The zero-order valence-corrected chi connectivity index (χ0v) is 17.9. The SMILES string of the molecule is CN=C(NCC1CCN(c2cccc(OC)c2)C1)NC1CCN(C(C)C)CC1. The fraction of sp³-hybridized carbons (Fsp3) is 0.682. The summed E-state index contributed by atoms with van der Waals surface area (Å²) < 4.78 is 5.36. The third-order valence-electron chi connectivity index (χ3n) is 6.09. The summed E-state index contributed by atoms with van der Waals surface area (Å²) in [6.45, 7) is 10.0. The van der Waals surface area contributed by atoms with E-state index in [1.165, 1.54) is 38.0 Å². The summed E-state index contributed by atoms with van der Waals surface area (Å²) in [7, 11) is 3.59. The molecule has 0 aliphatic carbocycles. The van der Waals surface area contributed by atoms with Crippen molar-refractivity contribution in [3.63, 3.8) is 0 Å². The Balaban J connectivity index is 1.42. The molecule has 6 nitrogen and oxygen atoms in total. The Bertz CT molecular complexity index is 640. The zero-order valence-electron chi connectivity index (χ0n) is 17.9. The molecule has 2 N–H and O–H groups in total. The molecule has 156 valence electrons. The molecule has 2 aliphatic heterocycles. The van der Waals surface area contributed by atoms with Crippen molar-refractivity contribution in [3.05, 3.63) is 24.3 Å². The van der Waals surface area contributed by atoms with Gasteiger partial charge >= 0.3 is 0 Å². The quantitative estimate of drug-likeness (QED) is 0.580. The Kier molecular flexibility index (Phi) is 7.43. The first-order valence-corrected chi connectivity index (χ1v) is 10.7. The van der Waals surface area contributed by atoms with Crippen LogP contribution >= 0.6 is 0 Å². The molecular formula is C22H37N5O. The molecule has 2 saturated heterocycles. The van der Waals surface area contributed by atoms with Gasteiger partial charge < -0.3 is 25.2 Å². The van der Waals surface area contributed by atoms with Gasteiger partial charge in [-0.1, -0.05) is 6.07 Å². The molecule has 2 aliphatic rings. The van der Waals surface area contributed by atoms with Crippen LogP contribution in [0.25, 0.3) is 0 Å².